The zero-order chi connectivity index (χ0) is 15.6. The van der Waals surface area contributed by atoms with E-state index < -0.39 is 11.7 Å². The number of nitrogens with zero attached hydrogens (tertiary/aromatic N) is 1. The lowest BCUT2D eigenvalue weighted by Crippen LogP contribution is -2.08. The summed E-state index contributed by atoms with van der Waals surface area (Å²) in [5.74, 6) is 0.741. The Morgan fingerprint density at radius 1 is 1.05 bits per heavy atom. The maximum atomic E-state index is 12.4. The Labute approximate surface area is 127 Å². The molecule has 2 aromatic rings. The van der Waals surface area contributed by atoms with Crippen LogP contribution in [-0.4, -0.2) is 11.5 Å². The van der Waals surface area contributed by atoms with Crippen LogP contribution >= 0.6 is 0 Å². The fourth-order valence-electron chi connectivity index (χ4n) is 2.36. The first-order chi connectivity index (χ1) is 10.5. The number of aromatic nitrogens is 1. The molecule has 0 unspecified atom stereocenters. The Morgan fingerprint density at radius 3 is 2.32 bits per heavy atom. The van der Waals surface area contributed by atoms with Gasteiger partial charge >= 0.3 is 6.18 Å². The number of rotatable bonds is 5. The highest BCUT2D eigenvalue weighted by Gasteiger charge is 2.30. The van der Waals surface area contributed by atoms with E-state index in [0.717, 1.165) is 23.9 Å². The second-order valence-electron chi connectivity index (χ2n) is 5.61. The summed E-state index contributed by atoms with van der Waals surface area (Å²) < 4.78 is 37.3. The van der Waals surface area contributed by atoms with Crippen molar-refractivity contribution in [1.29, 1.82) is 0 Å². The van der Waals surface area contributed by atoms with Crippen molar-refractivity contribution < 1.29 is 13.2 Å². The minimum atomic E-state index is -4.33. The van der Waals surface area contributed by atoms with E-state index in [9.17, 15) is 13.2 Å². The Kier molecular flexibility index (Phi) is 4.05. The zero-order valence-corrected chi connectivity index (χ0v) is 12.0. The highest BCUT2D eigenvalue weighted by Crippen LogP contribution is 2.40. The van der Waals surface area contributed by atoms with Gasteiger partial charge in [-0.05, 0) is 48.6 Å². The Hall–Kier alpha value is -2.04. The van der Waals surface area contributed by atoms with E-state index in [0.29, 0.717) is 18.7 Å². The molecular formula is C17H17F3N2. The second kappa shape index (κ2) is 5.99. The molecule has 22 heavy (non-hydrogen) atoms. The van der Waals surface area contributed by atoms with Crippen LogP contribution in [0.25, 0.3) is 0 Å². The van der Waals surface area contributed by atoms with E-state index in [4.69, 9.17) is 0 Å². The summed E-state index contributed by atoms with van der Waals surface area (Å²) in [4.78, 5) is 3.86. The number of halogens is 3. The van der Waals surface area contributed by atoms with Crippen LogP contribution in [-0.2, 0) is 12.6 Å². The highest BCUT2D eigenvalue weighted by molar-refractivity contribution is 5.45. The van der Waals surface area contributed by atoms with Crippen molar-refractivity contribution >= 4 is 5.69 Å². The molecule has 0 amide bonds. The molecule has 0 aliphatic heterocycles. The van der Waals surface area contributed by atoms with Crippen LogP contribution < -0.4 is 5.32 Å². The van der Waals surface area contributed by atoms with Crippen molar-refractivity contribution in [3.63, 3.8) is 0 Å². The van der Waals surface area contributed by atoms with Gasteiger partial charge in [-0.3, -0.25) is 4.98 Å². The largest absolute Gasteiger partial charge is 0.417 e. The van der Waals surface area contributed by atoms with Crippen LogP contribution in [0.3, 0.4) is 0 Å². The number of nitrogens with one attached hydrogen (secondary N) is 1. The van der Waals surface area contributed by atoms with E-state index in [1.807, 2.05) is 12.1 Å². The molecule has 1 aliphatic rings. The number of hydrogen-bond acceptors (Lipinski definition) is 2. The first-order valence-corrected chi connectivity index (χ1v) is 7.38. The Balaban J connectivity index is 1.50. The fourth-order valence-corrected chi connectivity index (χ4v) is 2.36. The number of benzene rings is 1. The van der Waals surface area contributed by atoms with E-state index in [2.05, 4.69) is 22.4 Å². The molecule has 0 atom stereocenters. The molecule has 1 fully saturated rings. The maximum Gasteiger partial charge on any atom is 0.417 e. The molecule has 2 nitrogen and oxygen atoms in total. The Bertz CT molecular complexity index is 614. The zero-order valence-electron chi connectivity index (χ0n) is 12.0. The molecule has 0 saturated heterocycles. The summed E-state index contributed by atoms with van der Waals surface area (Å²) in [5.41, 5.74) is 2.35. The van der Waals surface area contributed by atoms with Gasteiger partial charge in [-0.25, -0.2) is 0 Å². The third-order valence-corrected chi connectivity index (χ3v) is 3.82. The quantitative estimate of drug-likeness (QED) is 0.871. The van der Waals surface area contributed by atoms with Gasteiger partial charge in [-0.15, -0.1) is 0 Å². The van der Waals surface area contributed by atoms with Gasteiger partial charge in [0.2, 0.25) is 0 Å². The molecule has 1 heterocycles. The molecule has 1 aliphatic carbocycles. The van der Waals surface area contributed by atoms with Crippen LogP contribution in [0.5, 0.6) is 0 Å². The van der Waals surface area contributed by atoms with Crippen molar-refractivity contribution in [3.8, 4) is 0 Å². The van der Waals surface area contributed by atoms with E-state index in [-0.39, 0.29) is 0 Å². The van der Waals surface area contributed by atoms with Gasteiger partial charge in [0.1, 0.15) is 0 Å². The van der Waals surface area contributed by atoms with Gasteiger partial charge in [0.05, 0.1) is 5.56 Å². The second-order valence-corrected chi connectivity index (χ2v) is 5.61. The van der Waals surface area contributed by atoms with Crippen LogP contribution in [0, 0.1) is 0 Å². The number of alkyl halides is 3. The van der Waals surface area contributed by atoms with Crippen molar-refractivity contribution in [1.82, 2.24) is 4.98 Å². The van der Waals surface area contributed by atoms with Crippen LogP contribution in [0.1, 0.15) is 35.6 Å². The highest BCUT2D eigenvalue weighted by atomic mass is 19.4. The van der Waals surface area contributed by atoms with Gasteiger partial charge in [0.15, 0.2) is 0 Å². The lowest BCUT2D eigenvalue weighted by Gasteiger charge is -2.09. The molecule has 116 valence electrons. The van der Waals surface area contributed by atoms with Crippen molar-refractivity contribution in [2.24, 2.45) is 0 Å². The van der Waals surface area contributed by atoms with Crippen molar-refractivity contribution in [2.75, 3.05) is 11.9 Å². The minimum Gasteiger partial charge on any atom is -0.385 e. The molecule has 1 N–H and O–H groups in total. The van der Waals surface area contributed by atoms with Gasteiger partial charge in [-0.2, -0.15) is 13.2 Å². The van der Waals surface area contributed by atoms with Crippen LogP contribution in [0.4, 0.5) is 18.9 Å². The summed E-state index contributed by atoms with van der Waals surface area (Å²) >= 11 is 0. The molecule has 1 aromatic carbocycles. The van der Waals surface area contributed by atoms with Gasteiger partial charge in [-0.1, -0.05) is 12.1 Å². The third-order valence-electron chi connectivity index (χ3n) is 3.82. The van der Waals surface area contributed by atoms with E-state index in [1.165, 1.54) is 24.5 Å². The first-order valence-electron chi connectivity index (χ1n) is 7.38. The summed E-state index contributed by atoms with van der Waals surface area (Å²) in [6.07, 6.45) is -0.284. The average Bonchev–Trinajstić information content (AvgIpc) is 3.32. The van der Waals surface area contributed by atoms with Crippen molar-refractivity contribution in [2.45, 2.75) is 31.4 Å². The SMILES string of the molecule is FC(F)(F)c1ccc(CCNc2ccc(C3CC3)cc2)nc1. The van der Waals surface area contributed by atoms with Crippen LogP contribution in [0.2, 0.25) is 0 Å². The Morgan fingerprint density at radius 2 is 1.77 bits per heavy atom. The van der Waals surface area contributed by atoms with E-state index >= 15 is 0 Å². The predicted molar refractivity (Wildman–Crippen MR) is 79.8 cm³/mol. The molecular weight excluding hydrogens is 289 g/mol. The van der Waals surface area contributed by atoms with Gasteiger partial charge in [0, 0.05) is 30.5 Å². The van der Waals surface area contributed by atoms with E-state index in [1.54, 1.807) is 0 Å². The molecule has 1 aromatic heterocycles. The minimum absolute atomic E-state index is 0.586. The molecule has 0 radical (unpaired) electrons. The summed E-state index contributed by atoms with van der Waals surface area (Å²) in [5, 5.41) is 3.26. The topological polar surface area (TPSA) is 24.9 Å². The summed E-state index contributed by atoms with van der Waals surface area (Å²) in [6, 6.07) is 10.9. The van der Waals surface area contributed by atoms with Gasteiger partial charge in [0.25, 0.3) is 0 Å². The third kappa shape index (κ3) is 3.78. The average molecular weight is 306 g/mol. The molecule has 5 heteroatoms. The number of anilines is 1. The summed E-state index contributed by atoms with van der Waals surface area (Å²) in [7, 11) is 0. The normalized spacial score (nSPS) is 14.9. The fraction of sp³-hybridized carbons (Fsp3) is 0.353. The molecule has 0 spiro atoms. The molecule has 1 saturated carbocycles. The predicted octanol–water partition coefficient (Wildman–Crippen LogP) is 4.63. The van der Waals surface area contributed by atoms with Gasteiger partial charge < -0.3 is 5.32 Å². The molecule has 3 rings (SSSR count). The monoisotopic (exact) mass is 306 g/mol. The smallest absolute Gasteiger partial charge is 0.385 e. The standard InChI is InChI=1S/C17H17F3N2/c18-17(19,20)14-5-8-16(22-11-14)9-10-21-15-6-3-13(4-7-15)12-1-2-12/h3-8,11-12,21H,1-2,9-10H2. The number of hydrogen-bond donors (Lipinski definition) is 1. The van der Waals surface area contributed by atoms with Crippen LogP contribution in [0.15, 0.2) is 42.6 Å². The first kappa shape index (κ1) is 14.9. The lowest BCUT2D eigenvalue weighted by atomic mass is 10.1. The lowest BCUT2D eigenvalue weighted by molar-refractivity contribution is -0.137. The maximum absolute atomic E-state index is 12.4. The summed E-state index contributed by atoms with van der Waals surface area (Å²) in [6.45, 7) is 0.640. The number of pyridine rings is 1. The van der Waals surface area contributed by atoms with Crippen molar-refractivity contribution in [3.05, 3.63) is 59.4 Å². The molecule has 0 bridgehead atoms.